The number of carboxylic acids is 7. The van der Waals surface area contributed by atoms with Crippen LogP contribution in [0.4, 0.5) is 19.2 Å². The fraction of sp³-hybridized carbons (Fsp3) is 0.684. The second-order valence-electron chi connectivity index (χ2n) is 38.7. The molecule has 7 fully saturated rings. The van der Waals surface area contributed by atoms with Gasteiger partial charge in [0.1, 0.15) is 59.7 Å². The first-order chi connectivity index (χ1) is 69.5. The second-order valence-corrected chi connectivity index (χ2v) is 44.6. The lowest BCUT2D eigenvalue weighted by molar-refractivity contribution is -0.156. The average Bonchev–Trinajstić information content (AvgIpc) is 1.61. The first-order valence-electron chi connectivity index (χ1n) is 48.8. The summed E-state index contributed by atoms with van der Waals surface area (Å²) in [6.07, 6.45) is 13.9. The van der Waals surface area contributed by atoms with Gasteiger partial charge in [-0.1, -0.05) is 48.5 Å². The molecule has 1 aliphatic carbocycles. The van der Waals surface area contributed by atoms with E-state index in [1.54, 1.807) is 150 Å². The highest BCUT2D eigenvalue weighted by atomic mass is 32.2. The third-order valence-electron chi connectivity index (χ3n) is 24.3. The number of thioether (sulfide) groups is 6. The minimum absolute atomic E-state index is 0.00178. The SMILES string of the molecule is CC(C)(C)OC(=O)N1CCN(C(=O)OCC2c3ccccc3-c3ccccc32)C(C(=O)O)C1.CSCCC(=O)N1CCN(C(=O)OC(C)(C)C)C(C(=O)O)C1.CSCCC(=O)N1CCN(C(C)=O)C(C(=O)O)C1.CSCCC(=O)N1CCN(C)C(C(=O)O)C1.CSCCCC(=O)N1CCN(C(=O)OC(C)(C)C)CC1C(=O)O.CSCCCC(=O)N1CCN(C(C)=O)CC1C(=O)O.CSCCCC(=O)N1CCN(C)CC1C(=O)O. The molecule has 0 bridgehead atoms. The van der Waals surface area contributed by atoms with E-state index in [2.05, 4.69) is 0 Å². The van der Waals surface area contributed by atoms with E-state index in [1.807, 2.05) is 98.0 Å². The molecule has 0 radical (unpaired) electrons. The summed E-state index contributed by atoms with van der Waals surface area (Å²) in [5, 5.41) is 64.8. The Morgan fingerprint density at radius 3 is 0.899 bits per heavy atom. The van der Waals surface area contributed by atoms with Gasteiger partial charge in [0.2, 0.25) is 47.3 Å². The predicted molar refractivity (Wildman–Crippen MR) is 567 cm³/mol. The van der Waals surface area contributed by atoms with Gasteiger partial charge in [0.15, 0.2) is 6.04 Å². The Morgan fingerprint density at radius 2 is 0.561 bits per heavy atom. The van der Waals surface area contributed by atoms with E-state index in [1.165, 1.54) is 67.7 Å². The molecule has 7 aliphatic heterocycles. The lowest BCUT2D eigenvalue weighted by atomic mass is 9.98. The van der Waals surface area contributed by atoms with Crippen molar-refractivity contribution in [2.45, 2.75) is 199 Å². The van der Waals surface area contributed by atoms with E-state index < -0.39 is 125 Å². The van der Waals surface area contributed by atoms with Crippen LogP contribution >= 0.6 is 70.6 Å². The smallest absolute Gasteiger partial charge is 0.411 e. The molecule has 12 amide bonds. The van der Waals surface area contributed by atoms with Crippen LogP contribution in [0.2, 0.25) is 0 Å². The van der Waals surface area contributed by atoms with Crippen LogP contribution < -0.4 is 0 Å². The van der Waals surface area contributed by atoms with Crippen molar-refractivity contribution < 1.29 is 146 Å². The normalized spacial score (nSPS) is 19.5. The molecular weight excluding hydrogens is 2050 g/mol. The van der Waals surface area contributed by atoms with Gasteiger partial charge in [-0.2, -0.15) is 70.6 Å². The summed E-state index contributed by atoms with van der Waals surface area (Å²) in [5.74, 6) is -3.33. The molecule has 7 saturated heterocycles. The number of hydrogen-bond acceptors (Lipinski definition) is 31. The number of likely N-dealkylation sites (N-methyl/N-ethyl adjacent to an activating group) is 2. The third-order valence-corrected chi connectivity index (χ3v) is 28.2. The second kappa shape index (κ2) is 64.3. The van der Waals surface area contributed by atoms with Crippen molar-refractivity contribution in [3.63, 3.8) is 0 Å². The Kier molecular flexibility index (Phi) is 56.4. The van der Waals surface area contributed by atoms with Crippen molar-refractivity contribution in [3.8, 4) is 11.1 Å². The summed E-state index contributed by atoms with van der Waals surface area (Å²) < 4.78 is 21.5. The van der Waals surface area contributed by atoms with Crippen LogP contribution in [0, 0.1) is 0 Å². The van der Waals surface area contributed by atoms with Gasteiger partial charge < -0.3 is 109 Å². The quantitative estimate of drug-likeness (QED) is 0.0297. The largest absolute Gasteiger partial charge is 0.480 e. The third kappa shape index (κ3) is 43.5. The molecule has 148 heavy (non-hydrogen) atoms. The van der Waals surface area contributed by atoms with E-state index in [0.29, 0.717) is 103 Å². The number of rotatable bonds is 30. The predicted octanol–water partition coefficient (Wildman–Crippen LogP) is 7.36. The van der Waals surface area contributed by atoms with Crippen LogP contribution in [0.5, 0.6) is 0 Å². The van der Waals surface area contributed by atoms with Crippen LogP contribution in [-0.4, -0.2) is 507 Å². The summed E-state index contributed by atoms with van der Waals surface area (Å²) in [5.41, 5.74) is 2.37. The van der Waals surface area contributed by atoms with Crippen molar-refractivity contribution in [2.75, 3.05) is 230 Å². The molecule has 2 aromatic rings. The van der Waals surface area contributed by atoms with E-state index in [0.717, 1.165) is 76.8 Å². The maximum atomic E-state index is 12.9. The number of nitrogens with zero attached hydrogens (tertiary/aromatic N) is 14. The molecular formula is C98H154N14O30S6. The number of benzene rings is 2. The number of hydrogen-bond donors (Lipinski definition) is 7. The van der Waals surface area contributed by atoms with Crippen LogP contribution in [0.25, 0.3) is 11.1 Å². The Labute approximate surface area is 892 Å². The molecule has 7 N–H and O–H groups in total. The molecule has 0 aromatic heterocycles. The standard InChI is InChI=1S/C25H28N2O6.C15H26N2O5S.C14H24N2O5S.C12H20N2O4S.C11H18N2O4S.C11H20N2O3S.C10H18N2O3S/c1-25(2,3)33-23(30)26-12-13-27(21(14-26)22(28)29)24(31)32-15-20-18-10-6-4-8-16(18)17-9-5-7-11-19(17)20;1-15(2,3)22-14(21)16-7-8-17(11(10-16)13(19)20)12(18)6-5-9-23-4;1-14(2,3)21-13(20)16-7-6-15(9-10(16)12(18)19)11(17)5-8-22-4;1-9(15)13-5-6-14(10(8-13)12(17)18)11(16)4-3-7-19-2;1-8(14)13-5-4-12(7-9(13)11(16)17)10(15)3-6-18-2;1-12-5-6-13(9(8-12)11(15)16)10(14)4-3-7-17-2;1-11-4-5-12(7-8(11)10(14)15)9(13)3-6-16-2/h4-11,20-21H,12-15H2,1-3H3,(H,28,29);11H,5-10H2,1-4H3,(H,19,20);10H,5-9H2,1-4H3,(H,18,19);10H,3-8H2,1-2H3,(H,17,18);9H,3-7H2,1-2H3,(H,16,17);9H,3-8H2,1-2H3,(H,15,16);8H,3-7H2,1-2H3,(H,14,15). The molecule has 8 aliphatic rings. The van der Waals surface area contributed by atoms with E-state index in [-0.39, 0.29) is 132 Å². The molecule has 10 rings (SSSR count). The van der Waals surface area contributed by atoms with Gasteiger partial charge in [0.25, 0.3) is 0 Å². The van der Waals surface area contributed by atoms with Gasteiger partial charge in [-0.05, 0) is 173 Å². The van der Waals surface area contributed by atoms with Crippen molar-refractivity contribution >= 4 is 184 Å². The molecule has 50 heteroatoms. The maximum absolute atomic E-state index is 12.9. The lowest BCUT2D eigenvalue weighted by Crippen LogP contribution is -2.60. The molecule has 2 aromatic carbocycles. The number of aliphatic carboxylic acids is 7. The zero-order valence-electron chi connectivity index (χ0n) is 88.6. The summed E-state index contributed by atoms with van der Waals surface area (Å²) in [7, 11) is 3.66. The number of piperazine rings is 7. The Bertz CT molecular complexity index is 4740. The van der Waals surface area contributed by atoms with Crippen molar-refractivity contribution in [3.05, 3.63) is 59.7 Å². The van der Waals surface area contributed by atoms with Gasteiger partial charge >= 0.3 is 66.2 Å². The Morgan fingerprint density at radius 1 is 0.291 bits per heavy atom. The van der Waals surface area contributed by atoms with Crippen LogP contribution in [-0.2, 0) is 90.9 Å². The number of carboxylic acid groups (broad SMARTS) is 7. The van der Waals surface area contributed by atoms with Crippen molar-refractivity contribution in [2.24, 2.45) is 0 Å². The number of ether oxygens (including phenoxy) is 4. The molecule has 7 unspecified atom stereocenters. The number of amides is 12. The van der Waals surface area contributed by atoms with Crippen LogP contribution in [0.1, 0.15) is 151 Å². The van der Waals surface area contributed by atoms with Crippen LogP contribution in [0.3, 0.4) is 0 Å². The molecule has 7 atom stereocenters. The zero-order valence-corrected chi connectivity index (χ0v) is 93.5. The Balaban J connectivity index is 0.000000365. The molecule has 7 heterocycles. The molecule has 832 valence electrons. The summed E-state index contributed by atoms with van der Waals surface area (Å²) >= 11 is 9.78. The highest BCUT2D eigenvalue weighted by molar-refractivity contribution is 7.99. The van der Waals surface area contributed by atoms with Gasteiger partial charge in [0, 0.05) is 180 Å². The van der Waals surface area contributed by atoms with Gasteiger partial charge in [-0.3, -0.25) is 57.9 Å². The number of carbonyl (C=O) groups excluding carboxylic acids is 12. The van der Waals surface area contributed by atoms with E-state index in [4.69, 9.17) is 34.3 Å². The van der Waals surface area contributed by atoms with E-state index in [9.17, 15) is 112 Å². The van der Waals surface area contributed by atoms with Gasteiger partial charge in [-0.15, -0.1) is 0 Å². The monoisotopic (exact) mass is 2200 g/mol. The minimum atomic E-state index is -1.21. The topological polar surface area (TPSA) is 548 Å². The average molecular weight is 2200 g/mol. The maximum Gasteiger partial charge on any atom is 0.411 e. The summed E-state index contributed by atoms with van der Waals surface area (Å²) in [6, 6.07) is 9.63. The fourth-order valence-corrected chi connectivity index (χ4v) is 18.9. The number of fused-ring (bicyclic) bond motifs is 3. The molecule has 44 nitrogen and oxygen atoms in total. The minimum Gasteiger partial charge on any atom is -0.480 e. The number of carbonyl (C=O) groups is 19. The molecule has 0 saturated carbocycles. The van der Waals surface area contributed by atoms with Gasteiger partial charge in [-0.25, -0.2) is 47.9 Å². The lowest BCUT2D eigenvalue weighted by Gasteiger charge is -2.39. The van der Waals surface area contributed by atoms with Crippen molar-refractivity contribution in [1.82, 2.24) is 68.6 Å². The van der Waals surface area contributed by atoms with E-state index >= 15 is 0 Å². The van der Waals surface area contributed by atoms with Gasteiger partial charge in [0.05, 0.1) is 32.7 Å². The first-order valence-corrected chi connectivity index (χ1v) is 57.1. The highest BCUT2D eigenvalue weighted by Crippen LogP contribution is 2.45. The summed E-state index contributed by atoms with van der Waals surface area (Å²) in [4.78, 5) is 244. The first kappa shape index (κ1) is 130. The van der Waals surface area contributed by atoms with Crippen molar-refractivity contribution in [1.29, 1.82) is 0 Å². The fourth-order valence-electron chi connectivity index (χ4n) is 16.5. The van der Waals surface area contributed by atoms with Crippen LogP contribution in [0.15, 0.2) is 48.5 Å². The Hall–Kier alpha value is -10.4. The molecule has 0 spiro atoms. The zero-order chi connectivity index (χ0) is 111. The highest BCUT2D eigenvalue weighted by Gasteiger charge is 2.45. The summed E-state index contributed by atoms with van der Waals surface area (Å²) in [6.45, 7) is 24.4.